The summed E-state index contributed by atoms with van der Waals surface area (Å²) in [5, 5.41) is 35.2. The first-order valence-corrected chi connectivity index (χ1v) is 21.5. The minimum atomic E-state index is -1.34. The van der Waals surface area contributed by atoms with Gasteiger partial charge in [0.15, 0.2) is 5.96 Å². The Morgan fingerprint density at radius 2 is 1.55 bits per heavy atom. The topological polar surface area (TPSA) is 356 Å². The molecule has 1 saturated heterocycles. The number of guanidine groups is 1. The van der Waals surface area contributed by atoms with E-state index in [0.29, 0.717) is 31.4 Å². The van der Waals surface area contributed by atoms with E-state index in [1.165, 1.54) is 11.8 Å². The Kier molecular flexibility index (Phi) is 17.0. The van der Waals surface area contributed by atoms with Crippen molar-refractivity contribution >= 4 is 58.3 Å². The summed E-state index contributed by atoms with van der Waals surface area (Å²) in [4.78, 5) is 102. The molecule has 16 N–H and O–H groups in total. The van der Waals surface area contributed by atoms with E-state index in [-0.39, 0.29) is 69.7 Å². The lowest BCUT2D eigenvalue weighted by Crippen LogP contribution is -2.59. The average molecular weight is 889 g/mol. The number of carboxylic acid groups (broad SMARTS) is 1. The van der Waals surface area contributed by atoms with E-state index in [1.54, 1.807) is 24.3 Å². The number of aromatic amines is 1. The molecule has 0 aliphatic carbocycles. The van der Waals surface area contributed by atoms with Crippen molar-refractivity contribution in [1.82, 2.24) is 36.5 Å². The molecule has 1 aromatic heterocycles. The quantitative estimate of drug-likeness (QED) is 0.0326. The number of aliphatic imine (C=N–C) groups is 1. The van der Waals surface area contributed by atoms with Crippen LogP contribution in [-0.2, 0) is 40.0 Å². The highest BCUT2D eigenvalue weighted by atomic mass is 16.4. The highest BCUT2D eigenvalue weighted by Crippen LogP contribution is 2.38. The number of aromatic hydroxyl groups is 1. The van der Waals surface area contributed by atoms with Crippen molar-refractivity contribution < 1.29 is 43.8 Å². The zero-order valence-electron chi connectivity index (χ0n) is 35.8. The second-order valence-corrected chi connectivity index (χ2v) is 16.2. The Labute approximate surface area is 369 Å². The van der Waals surface area contributed by atoms with Crippen LogP contribution in [0.3, 0.4) is 0 Å². The molecule has 1 fully saturated rings. The fourth-order valence-corrected chi connectivity index (χ4v) is 8.17. The molecular weight excluding hydrogens is 829 g/mol. The van der Waals surface area contributed by atoms with Crippen LogP contribution >= 0.6 is 0 Å². The number of phenols is 1. The van der Waals surface area contributed by atoms with Gasteiger partial charge in [-0.2, -0.15) is 0 Å². The van der Waals surface area contributed by atoms with Crippen molar-refractivity contribution in [3.05, 3.63) is 65.4 Å². The predicted molar refractivity (Wildman–Crippen MR) is 236 cm³/mol. The number of carbonyl (C=O) groups is 7. The number of likely N-dealkylation sites (tertiary alicyclic amines) is 1. The van der Waals surface area contributed by atoms with Gasteiger partial charge >= 0.3 is 5.97 Å². The van der Waals surface area contributed by atoms with Crippen molar-refractivity contribution in [3.8, 4) is 5.75 Å². The molecule has 64 heavy (non-hydrogen) atoms. The molecule has 0 radical (unpaired) electrons. The van der Waals surface area contributed by atoms with Crippen LogP contribution in [0, 0.1) is 0 Å². The maximum absolute atomic E-state index is 14.3. The number of benzene rings is 2. The number of primary amides is 1. The number of aromatic nitrogens is 1. The first-order chi connectivity index (χ1) is 30.6. The number of para-hydroxylation sites is 2. The number of nitrogens with zero attached hydrogens (tertiary/aromatic N) is 2. The van der Waals surface area contributed by atoms with Crippen molar-refractivity contribution in [2.45, 2.75) is 113 Å². The lowest BCUT2D eigenvalue weighted by atomic mass is 9.89. The molecule has 0 spiro atoms. The normalized spacial score (nSPS) is 18.7. The summed E-state index contributed by atoms with van der Waals surface area (Å²) in [6.07, 6.45) is 1.80. The molecule has 2 aromatic carbocycles. The standard InChI is InChI=1S/C43H60N12O9/c1-23(37(58)54-30(42(63)64)13-6-7-19-44)49-40(61)32-15-9-21-55(32)41(62)29(14-8-20-48-43(46)47)53-38(59)28(17-18-34(45)57)52-39(60)31-22-26-24-10-2-4-12-27(24)50-36(26)35(51-31)25-11-3-5-16-33(25)56/h2-5,10-12,16,23,28-32,35,50-51,56H,6-9,13-15,17-22,44H2,1H3,(H2,45,57)(H,49,61)(H,52,60)(H,53,59)(H,54,58)(H,63,64)(H4,46,47,48)/t23-,28-,29-,30-,31-,32-,35+/m0/s1. The number of carboxylic acids is 1. The molecule has 6 amide bonds. The summed E-state index contributed by atoms with van der Waals surface area (Å²) in [7, 11) is 0. The van der Waals surface area contributed by atoms with Gasteiger partial charge in [-0.3, -0.25) is 39.1 Å². The van der Waals surface area contributed by atoms with Gasteiger partial charge in [0.25, 0.3) is 0 Å². The minimum Gasteiger partial charge on any atom is -0.508 e. The van der Waals surface area contributed by atoms with E-state index < -0.39 is 83.7 Å². The number of hydrogen-bond acceptors (Lipinski definition) is 11. The molecule has 3 aromatic rings. The Hall–Kier alpha value is -6.74. The van der Waals surface area contributed by atoms with E-state index in [2.05, 4.69) is 36.6 Å². The first kappa shape index (κ1) is 48.3. The van der Waals surface area contributed by atoms with Crippen LogP contribution in [0.15, 0.2) is 53.5 Å². The van der Waals surface area contributed by atoms with Crippen LogP contribution in [-0.4, -0.2) is 123 Å². The monoisotopic (exact) mass is 888 g/mol. The second-order valence-electron chi connectivity index (χ2n) is 16.2. The van der Waals surface area contributed by atoms with Crippen LogP contribution < -0.4 is 49.5 Å². The predicted octanol–water partition coefficient (Wildman–Crippen LogP) is -1.04. The number of nitrogens with two attached hydrogens (primary N) is 4. The van der Waals surface area contributed by atoms with E-state index in [0.717, 1.165) is 22.2 Å². The van der Waals surface area contributed by atoms with Gasteiger partial charge in [0.1, 0.15) is 36.0 Å². The first-order valence-electron chi connectivity index (χ1n) is 21.5. The molecule has 3 heterocycles. The van der Waals surface area contributed by atoms with E-state index >= 15 is 0 Å². The number of carbonyl (C=O) groups excluding carboxylic acids is 6. The third-order valence-corrected chi connectivity index (χ3v) is 11.5. The molecular formula is C43H60N12O9. The average Bonchev–Trinajstić information content (AvgIpc) is 3.91. The van der Waals surface area contributed by atoms with Crippen molar-refractivity contribution in [3.63, 3.8) is 0 Å². The van der Waals surface area contributed by atoms with Gasteiger partial charge in [-0.15, -0.1) is 0 Å². The summed E-state index contributed by atoms with van der Waals surface area (Å²) in [6.45, 7) is 2.01. The Morgan fingerprint density at radius 1 is 0.844 bits per heavy atom. The third kappa shape index (κ3) is 12.5. The number of rotatable bonds is 22. The number of unbranched alkanes of at least 4 members (excludes halogenated alkanes) is 1. The Morgan fingerprint density at radius 3 is 2.25 bits per heavy atom. The number of amides is 6. The maximum atomic E-state index is 14.3. The minimum absolute atomic E-state index is 0.0104. The van der Waals surface area contributed by atoms with Crippen LogP contribution in [0.25, 0.3) is 10.9 Å². The third-order valence-electron chi connectivity index (χ3n) is 11.5. The Balaban J connectivity index is 1.33. The summed E-state index contributed by atoms with van der Waals surface area (Å²) in [6, 6.07) is 6.81. The fourth-order valence-electron chi connectivity index (χ4n) is 8.17. The van der Waals surface area contributed by atoms with Gasteiger partial charge in [0, 0.05) is 41.7 Å². The lowest BCUT2D eigenvalue weighted by molar-refractivity contribution is -0.143. The lowest BCUT2D eigenvalue weighted by Gasteiger charge is -2.33. The highest BCUT2D eigenvalue weighted by Gasteiger charge is 2.40. The number of fused-ring (bicyclic) bond motifs is 3. The van der Waals surface area contributed by atoms with Gasteiger partial charge in [-0.05, 0) is 89.0 Å². The summed E-state index contributed by atoms with van der Waals surface area (Å²) in [5.74, 6) is -5.50. The largest absolute Gasteiger partial charge is 0.508 e. The highest BCUT2D eigenvalue weighted by molar-refractivity contribution is 5.97. The van der Waals surface area contributed by atoms with E-state index in [1.807, 2.05) is 24.3 Å². The summed E-state index contributed by atoms with van der Waals surface area (Å²) >= 11 is 0. The molecule has 5 rings (SSSR count). The number of nitrogens with one attached hydrogen (secondary N) is 6. The molecule has 21 heteroatoms. The maximum Gasteiger partial charge on any atom is 0.326 e. The van der Waals surface area contributed by atoms with Crippen LogP contribution in [0.2, 0.25) is 0 Å². The number of hydrogen-bond donors (Lipinski definition) is 12. The van der Waals surface area contributed by atoms with Gasteiger partial charge in [0.2, 0.25) is 35.4 Å². The van der Waals surface area contributed by atoms with Gasteiger partial charge in [0.05, 0.1) is 12.1 Å². The van der Waals surface area contributed by atoms with Crippen LogP contribution in [0.1, 0.15) is 87.6 Å². The molecule has 2 aliphatic heterocycles. The SMILES string of the molecule is C[C@H](NC(=O)[C@@H]1CCCN1C(=O)[C@H](CCCN=C(N)N)NC(=O)[C@H](CCC(N)=O)NC(=O)[C@@H]1Cc2c([nH]c3ccccc23)[C@@H](c2ccccc2O)N1)C(=O)N[C@@H](CCCCN)C(=O)O. The van der Waals surface area contributed by atoms with Crippen LogP contribution in [0.4, 0.5) is 0 Å². The molecule has 0 saturated carbocycles. The molecule has 7 atom stereocenters. The van der Waals surface area contributed by atoms with Gasteiger partial charge in [-0.1, -0.05) is 36.4 Å². The Bertz CT molecular complexity index is 2210. The van der Waals surface area contributed by atoms with Crippen molar-refractivity contribution in [2.24, 2.45) is 27.9 Å². The van der Waals surface area contributed by atoms with Gasteiger partial charge in [-0.25, -0.2) is 4.79 Å². The molecule has 21 nitrogen and oxygen atoms in total. The zero-order valence-corrected chi connectivity index (χ0v) is 35.8. The summed E-state index contributed by atoms with van der Waals surface area (Å²) < 4.78 is 0. The molecule has 2 aliphatic rings. The number of aliphatic carboxylic acids is 1. The molecule has 346 valence electrons. The summed E-state index contributed by atoms with van der Waals surface area (Å²) in [5.41, 5.74) is 25.0. The smallest absolute Gasteiger partial charge is 0.326 e. The number of H-pyrrole nitrogens is 1. The van der Waals surface area contributed by atoms with Crippen molar-refractivity contribution in [2.75, 3.05) is 19.6 Å². The second kappa shape index (κ2) is 22.6. The molecule has 0 unspecified atom stereocenters. The fraction of sp³-hybridized carbons (Fsp3) is 0.488. The van der Waals surface area contributed by atoms with Crippen molar-refractivity contribution in [1.29, 1.82) is 0 Å². The van der Waals surface area contributed by atoms with Gasteiger partial charge < -0.3 is 64.3 Å². The van der Waals surface area contributed by atoms with E-state index in [4.69, 9.17) is 22.9 Å². The molecule has 0 bridgehead atoms. The number of phenolic OH excluding ortho intramolecular Hbond substituents is 1. The van der Waals surface area contributed by atoms with E-state index in [9.17, 15) is 43.8 Å². The van der Waals surface area contributed by atoms with Crippen LogP contribution in [0.5, 0.6) is 5.75 Å². The zero-order chi connectivity index (χ0) is 46.5.